The van der Waals surface area contributed by atoms with Gasteiger partial charge in [-0.05, 0) is 12.1 Å². The molecule has 0 amide bonds. The predicted octanol–water partition coefficient (Wildman–Crippen LogP) is 4.13. The van der Waals surface area contributed by atoms with Crippen LogP contribution in [0.2, 0.25) is 5.02 Å². The number of halogens is 4. The van der Waals surface area contributed by atoms with Crippen LogP contribution >= 0.6 is 11.6 Å². The molecule has 2 rings (SSSR count). The Bertz CT molecular complexity index is 904. The van der Waals surface area contributed by atoms with Gasteiger partial charge < -0.3 is 9.42 Å². The largest absolute Gasteiger partial charge is 0.383 e. The summed E-state index contributed by atoms with van der Waals surface area (Å²) < 4.78 is 46.2. The second-order valence-corrected chi connectivity index (χ2v) is 6.07. The van der Waals surface area contributed by atoms with Gasteiger partial charge in [0.25, 0.3) is 0 Å². The molecule has 0 aliphatic carbocycles. The highest BCUT2D eigenvalue weighted by atomic mass is 35.5. The first-order valence-electron chi connectivity index (χ1n) is 7.23. The van der Waals surface area contributed by atoms with Crippen molar-refractivity contribution in [3.05, 3.63) is 46.6 Å². The van der Waals surface area contributed by atoms with Crippen molar-refractivity contribution >= 4 is 23.0 Å². The van der Waals surface area contributed by atoms with Crippen LogP contribution in [0.3, 0.4) is 0 Å². The van der Waals surface area contributed by atoms with Gasteiger partial charge in [-0.15, -0.1) is 0 Å². The lowest BCUT2D eigenvalue weighted by molar-refractivity contribution is -0.134. The summed E-state index contributed by atoms with van der Waals surface area (Å²) in [5.41, 5.74) is -1.43. The average molecular weight is 384 g/mol. The number of nitriles is 1. The van der Waals surface area contributed by atoms with Crippen molar-refractivity contribution in [1.82, 2.24) is 10.1 Å². The first kappa shape index (κ1) is 19.5. The Morgan fingerprint density at radius 2 is 2.08 bits per heavy atom. The van der Waals surface area contributed by atoms with E-state index in [2.05, 4.69) is 5.16 Å². The van der Waals surface area contributed by atoms with Gasteiger partial charge in [0.1, 0.15) is 23.1 Å². The Morgan fingerprint density at radius 1 is 1.42 bits per heavy atom. The number of alkyl halides is 2. The summed E-state index contributed by atoms with van der Waals surface area (Å²) in [6.45, 7) is 0.426. The molecule has 0 aliphatic heterocycles. The minimum atomic E-state index is -3.71. The van der Waals surface area contributed by atoms with E-state index in [1.54, 1.807) is 6.07 Å². The van der Waals surface area contributed by atoms with Gasteiger partial charge in [0.2, 0.25) is 5.78 Å². The molecule has 26 heavy (non-hydrogen) atoms. The second-order valence-electron chi connectivity index (χ2n) is 5.67. The lowest BCUT2D eigenvalue weighted by atomic mass is 9.99. The quantitative estimate of drug-likeness (QED) is 0.726. The van der Waals surface area contributed by atoms with E-state index in [0.717, 1.165) is 12.3 Å². The topological polar surface area (TPSA) is 70.1 Å². The number of Topliss-reactive ketones (excluding diaryl/α,β-unsaturated/α-hetero) is 1. The highest BCUT2D eigenvalue weighted by Crippen LogP contribution is 2.36. The van der Waals surface area contributed by atoms with Crippen molar-refractivity contribution < 1.29 is 22.5 Å². The molecule has 0 atom stereocenters. The SMILES string of the molecule is CN(C)/C=C(\C(=O)C(C)(F)F)c1onc(-c2c(F)cccc2Cl)c1C#N. The van der Waals surface area contributed by atoms with Crippen LogP contribution < -0.4 is 0 Å². The number of allylic oxidation sites excluding steroid dienone is 1. The maximum absolute atomic E-state index is 14.1. The third-order valence-corrected chi connectivity index (χ3v) is 3.59. The molecule has 0 radical (unpaired) electrons. The van der Waals surface area contributed by atoms with Gasteiger partial charge in [0.05, 0.1) is 16.2 Å². The van der Waals surface area contributed by atoms with Gasteiger partial charge in [-0.2, -0.15) is 14.0 Å². The molecule has 5 nitrogen and oxygen atoms in total. The normalized spacial score (nSPS) is 12.0. The molecule has 0 bridgehead atoms. The Hall–Kier alpha value is -2.79. The summed E-state index contributed by atoms with van der Waals surface area (Å²) in [5, 5.41) is 13.0. The molecule has 0 aliphatic rings. The zero-order chi connectivity index (χ0) is 19.6. The van der Waals surface area contributed by atoms with Crippen molar-refractivity contribution in [3.63, 3.8) is 0 Å². The molecular formula is C17H13ClF3N3O2. The van der Waals surface area contributed by atoms with E-state index in [1.165, 1.54) is 31.1 Å². The fraction of sp³-hybridized carbons (Fsp3) is 0.235. The van der Waals surface area contributed by atoms with Crippen molar-refractivity contribution in [1.29, 1.82) is 5.26 Å². The summed E-state index contributed by atoms with van der Waals surface area (Å²) in [5.74, 6) is -6.54. The molecule has 0 saturated carbocycles. The van der Waals surface area contributed by atoms with Crippen molar-refractivity contribution in [2.24, 2.45) is 0 Å². The van der Waals surface area contributed by atoms with Crippen molar-refractivity contribution in [2.75, 3.05) is 14.1 Å². The summed E-state index contributed by atoms with van der Waals surface area (Å²) >= 11 is 5.96. The smallest absolute Gasteiger partial charge is 0.307 e. The van der Waals surface area contributed by atoms with E-state index in [0.29, 0.717) is 6.92 Å². The molecule has 136 valence electrons. The molecule has 0 spiro atoms. The first-order chi connectivity index (χ1) is 12.1. The lowest BCUT2D eigenvalue weighted by Crippen LogP contribution is -2.26. The van der Waals surface area contributed by atoms with E-state index in [-0.39, 0.29) is 21.8 Å². The molecule has 1 aromatic heterocycles. The maximum Gasteiger partial charge on any atom is 0.307 e. The summed E-state index contributed by atoms with van der Waals surface area (Å²) in [6.07, 6.45) is 1.08. The van der Waals surface area contributed by atoms with Gasteiger partial charge in [-0.3, -0.25) is 4.79 Å². The molecule has 9 heteroatoms. The third kappa shape index (κ3) is 3.73. The third-order valence-electron chi connectivity index (χ3n) is 3.28. The zero-order valence-electron chi connectivity index (χ0n) is 14.0. The monoisotopic (exact) mass is 383 g/mol. The van der Waals surface area contributed by atoms with Crippen molar-refractivity contribution in [3.8, 4) is 17.3 Å². The fourth-order valence-electron chi connectivity index (χ4n) is 2.19. The van der Waals surface area contributed by atoms with Crippen LogP contribution in [0, 0.1) is 17.1 Å². The number of carbonyl (C=O) groups excluding carboxylic acids is 1. The van der Waals surface area contributed by atoms with E-state index in [9.17, 15) is 23.2 Å². The van der Waals surface area contributed by atoms with Crippen LogP contribution in [0.1, 0.15) is 18.2 Å². The fourth-order valence-corrected chi connectivity index (χ4v) is 2.44. The number of aromatic nitrogens is 1. The van der Waals surface area contributed by atoms with Crippen molar-refractivity contribution in [2.45, 2.75) is 12.8 Å². The number of benzene rings is 1. The highest BCUT2D eigenvalue weighted by molar-refractivity contribution is 6.33. The Labute approximate surface area is 152 Å². The standard InChI is InChI=1S/C17H13ClF3N3O2/c1-17(20,21)16(25)10(8-24(2)3)15-9(7-22)14(23-26-15)13-11(18)5-4-6-12(13)19/h4-6,8H,1-3H3/b10-8-. The lowest BCUT2D eigenvalue weighted by Gasteiger charge is -2.13. The molecule has 0 N–H and O–H groups in total. The van der Waals surface area contributed by atoms with Gasteiger partial charge in [0.15, 0.2) is 5.76 Å². The minimum absolute atomic E-state index is 0.0494. The number of hydrogen-bond donors (Lipinski definition) is 0. The van der Waals surface area contributed by atoms with E-state index < -0.39 is 28.9 Å². The average Bonchev–Trinajstić information content (AvgIpc) is 2.94. The van der Waals surface area contributed by atoms with E-state index in [1.807, 2.05) is 0 Å². The molecule has 0 saturated heterocycles. The van der Waals surface area contributed by atoms with Crippen LogP contribution in [-0.4, -0.2) is 35.9 Å². The van der Waals surface area contributed by atoms with Gasteiger partial charge in [0, 0.05) is 27.2 Å². The highest BCUT2D eigenvalue weighted by Gasteiger charge is 2.39. The Kier molecular flexibility index (Phi) is 5.42. The first-order valence-corrected chi connectivity index (χ1v) is 7.61. The number of carbonyl (C=O) groups is 1. The number of nitrogens with zero attached hydrogens (tertiary/aromatic N) is 3. The van der Waals surface area contributed by atoms with Crippen LogP contribution in [-0.2, 0) is 4.79 Å². The predicted molar refractivity (Wildman–Crippen MR) is 88.9 cm³/mol. The van der Waals surface area contributed by atoms with Crippen LogP contribution in [0.4, 0.5) is 13.2 Å². The Morgan fingerprint density at radius 3 is 2.58 bits per heavy atom. The second kappa shape index (κ2) is 7.22. The van der Waals surface area contributed by atoms with Crippen LogP contribution in [0.25, 0.3) is 16.8 Å². The molecule has 0 fully saturated rings. The molecule has 1 heterocycles. The summed E-state index contributed by atoms with van der Waals surface area (Å²) in [6, 6.07) is 5.54. The number of rotatable bonds is 5. The molecular weight excluding hydrogens is 371 g/mol. The van der Waals surface area contributed by atoms with Gasteiger partial charge in [-0.1, -0.05) is 22.8 Å². The number of hydrogen-bond acceptors (Lipinski definition) is 5. The van der Waals surface area contributed by atoms with Gasteiger partial charge >= 0.3 is 5.92 Å². The summed E-state index contributed by atoms with van der Waals surface area (Å²) in [7, 11) is 3.00. The Balaban J connectivity index is 2.73. The van der Waals surface area contributed by atoms with Gasteiger partial charge in [-0.25, -0.2) is 4.39 Å². The maximum atomic E-state index is 14.1. The number of ketones is 1. The minimum Gasteiger partial charge on any atom is -0.383 e. The molecule has 0 unspecified atom stereocenters. The molecule has 2 aromatic rings. The van der Waals surface area contributed by atoms with Crippen LogP contribution in [0.5, 0.6) is 0 Å². The van der Waals surface area contributed by atoms with Crippen LogP contribution in [0.15, 0.2) is 28.9 Å². The molecule has 1 aromatic carbocycles. The summed E-state index contributed by atoms with van der Waals surface area (Å²) in [4.78, 5) is 13.4. The van der Waals surface area contributed by atoms with E-state index >= 15 is 0 Å². The zero-order valence-corrected chi connectivity index (χ0v) is 14.7. The van der Waals surface area contributed by atoms with E-state index in [4.69, 9.17) is 16.1 Å².